The lowest BCUT2D eigenvalue weighted by molar-refractivity contribution is -0.150. The monoisotopic (exact) mass is 249 g/mol. The Morgan fingerprint density at radius 3 is 2.22 bits per heavy atom. The highest BCUT2D eigenvalue weighted by atomic mass is 16.4. The zero-order valence-corrected chi connectivity index (χ0v) is 11.5. The van der Waals surface area contributed by atoms with Gasteiger partial charge in [0.25, 0.3) is 0 Å². The van der Waals surface area contributed by atoms with E-state index in [-0.39, 0.29) is 0 Å². The van der Waals surface area contributed by atoms with Crippen LogP contribution < -0.4 is 0 Å². The van der Waals surface area contributed by atoms with Crippen LogP contribution in [-0.4, -0.2) is 34.6 Å². The molecule has 100 valence electrons. The Bertz CT molecular complexity index is 373. The van der Waals surface area contributed by atoms with Gasteiger partial charge in [-0.05, 0) is 38.4 Å². The van der Waals surface area contributed by atoms with Gasteiger partial charge in [-0.2, -0.15) is 0 Å². The lowest BCUT2D eigenvalue weighted by Gasteiger charge is -2.36. The molecule has 1 unspecified atom stereocenters. The number of benzene rings is 1. The molecule has 0 heterocycles. The Morgan fingerprint density at radius 2 is 1.78 bits per heavy atom. The molecule has 0 aromatic heterocycles. The fourth-order valence-electron chi connectivity index (χ4n) is 2.35. The molecule has 0 aliphatic heterocycles. The van der Waals surface area contributed by atoms with Crippen molar-refractivity contribution in [2.75, 3.05) is 13.1 Å². The van der Waals surface area contributed by atoms with Crippen molar-refractivity contribution in [3.8, 4) is 0 Å². The molecule has 0 saturated heterocycles. The summed E-state index contributed by atoms with van der Waals surface area (Å²) >= 11 is 0. The first kappa shape index (κ1) is 14.7. The first-order chi connectivity index (χ1) is 8.54. The van der Waals surface area contributed by atoms with E-state index in [0.29, 0.717) is 6.42 Å². The van der Waals surface area contributed by atoms with E-state index in [9.17, 15) is 9.90 Å². The SMILES string of the molecule is CCN(CC)C(C)(CCc1ccccc1)C(=O)O. The van der Waals surface area contributed by atoms with Gasteiger partial charge in [-0.25, -0.2) is 0 Å². The van der Waals surface area contributed by atoms with Crippen molar-refractivity contribution in [3.63, 3.8) is 0 Å². The summed E-state index contributed by atoms with van der Waals surface area (Å²) in [6.07, 6.45) is 1.42. The molecule has 1 N–H and O–H groups in total. The van der Waals surface area contributed by atoms with Crippen LogP contribution in [0.2, 0.25) is 0 Å². The van der Waals surface area contributed by atoms with E-state index in [0.717, 1.165) is 19.5 Å². The smallest absolute Gasteiger partial charge is 0.323 e. The molecule has 0 fully saturated rings. The second-order valence-electron chi connectivity index (χ2n) is 4.74. The maximum Gasteiger partial charge on any atom is 0.323 e. The fourth-order valence-corrected chi connectivity index (χ4v) is 2.35. The van der Waals surface area contributed by atoms with Crippen molar-refractivity contribution in [2.45, 2.75) is 39.2 Å². The zero-order valence-electron chi connectivity index (χ0n) is 11.5. The van der Waals surface area contributed by atoms with Gasteiger partial charge >= 0.3 is 5.97 Å². The van der Waals surface area contributed by atoms with E-state index >= 15 is 0 Å². The third-order valence-corrected chi connectivity index (χ3v) is 3.67. The van der Waals surface area contributed by atoms with E-state index in [1.807, 2.05) is 56.0 Å². The van der Waals surface area contributed by atoms with Crippen molar-refractivity contribution in [1.82, 2.24) is 4.90 Å². The van der Waals surface area contributed by atoms with Gasteiger partial charge in [-0.3, -0.25) is 9.69 Å². The van der Waals surface area contributed by atoms with Crippen molar-refractivity contribution in [3.05, 3.63) is 35.9 Å². The number of carbonyl (C=O) groups is 1. The van der Waals surface area contributed by atoms with Crippen LogP contribution in [0.25, 0.3) is 0 Å². The lowest BCUT2D eigenvalue weighted by atomic mass is 9.91. The minimum atomic E-state index is -0.778. The first-order valence-corrected chi connectivity index (χ1v) is 6.57. The standard InChI is InChI=1S/C15H23NO2/c1-4-16(5-2)15(3,14(17)18)12-11-13-9-7-6-8-10-13/h6-10H,4-5,11-12H2,1-3H3,(H,17,18). The number of carboxylic acids is 1. The van der Waals surface area contributed by atoms with Crippen molar-refractivity contribution >= 4 is 5.97 Å². The molecule has 0 aliphatic rings. The van der Waals surface area contributed by atoms with Gasteiger partial charge in [0.2, 0.25) is 0 Å². The summed E-state index contributed by atoms with van der Waals surface area (Å²) in [7, 11) is 0. The molecule has 1 rings (SSSR count). The Labute approximate surface area is 109 Å². The lowest BCUT2D eigenvalue weighted by Crippen LogP contribution is -2.52. The summed E-state index contributed by atoms with van der Waals surface area (Å²) in [5, 5.41) is 9.50. The highest BCUT2D eigenvalue weighted by Crippen LogP contribution is 2.22. The average molecular weight is 249 g/mol. The second-order valence-corrected chi connectivity index (χ2v) is 4.74. The molecule has 1 aromatic rings. The second kappa shape index (κ2) is 6.55. The minimum Gasteiger partial charge on any atom is -0.480 e. The van der Waals surface area contributed by atoms with Gasteiger partial charge in [-0.1, -0.05) is 44.2 Å². The number of carboxylic acid groups (broad SMARTS) is 1. The van der Waals surface area contributed by atoms with Crippen molar-refractivity contribution in [2.24, 2.45) is 0 Å². The summed E-state index contributed by atoms with van der Waals surface area (Å²) in [4.78, 5) is 13.6. The van der Waals surface area contributed by atoms with E-state index in [2.05, 4.69) is 0 Å². The Hall–Kier alpha value is -1.35. The molecular weight excluding hydrogens is 226 g/mol. The molecule has 1 atom stereocenters. The number of aryl methyl sites for hydroxylation is 1. The van der Waals surface area contributed by atoms with Crippen LogP contribution in [0, 0.1) is 0 Å². The number of aliphatic carboxylic acids is 1. The zero-order chi connectivity index (χ0) is 13.6. The van der Waals surface area contributed by atoms with Crippen LogP contribution in [0.4, 0.5) is 0 Å². The summed E-state index contributed by atoms with van der Waals surface area (Å²) in [6.45, 7) is 7.36. The summed E-state index contributed by atoms with van der Waals surface area (Å²) in [6, 6.07) is 10.1. The molecule has 1 aromatic carbocycles. The highest BCUT2D eigenvalue weighted by molar-refractivity contribution is 5.78. The van der Waals surface area contributed by atoms with Crippen LogP contribution in [0.5, 0.6) is 0 Å². The molecule has 0 aliphatic carbocycles. The van der Waals surface area contributed by atoms with Gasteiger partial charge in [0.05, 0.1) is 0 Å². The van der Waals surface area contributed by atoms with E-state index in [1.54, 1.807) is 0 Å². The van der Waals surface area contributed by atoms with Gasteiger partial charge < -0.3 is 5.11 Å². The Balaban J connectivity index is 2.77. The van der Waals surface area contributed by atoms with Crippen molar-refractivity contribution in [1.29, 1.82) is 0 Å². The number of likely N-dealkylation sites (N-methyl/N-ethyl adjacent to an activating group) is 1. The van der Waals surface area contributed by atoms with E-state index in [1.165, 1.54) is 5.56 Å². The van der Waals surface area contributed by atoms with Gasteiger partial charge in [0, 0.05) is 0 Å². The van der Waals surface area contributed by atoms with Crippen LogP contribution in [0.3, 0.4) is 0 Å². The summed E-state index contributed by atoms with van der Waals surface area (Å²) in [5.41, 5.74) is 0.413. The Kier molecular flexibility index (Phi) is 5.35. The van der Waals surface area contributed by atoms with E-state index < -0.39 is 11.5 Å². The largest absolute Gasteiger partial charge is 0.480 e. The quantitative estimate of drug-likeness (QED) is 0.807. The molecule has 0 bridgehead atoms. The number of nitrogens with zero attached hydrogens (tertiary/aromatic N) is 1. The van der Waals surface area contributed by atoms with Crippen LogP contribution >= 0.6 is 0 Å². The third kappa shape index (κ3) is 3.33. The molecule has 0 radical (unpaired) electrons. The van der Waals surface area contributed by atoms with Crippen LogP contribution in [0.15, 0.2) is 30.3 Å². The molecular formula is C15H23NO2. The molecule has 0 saturated carbocycles. The van der Waals surface area contributed by atoms with Gasteiger partial charge in [0.15, 0.2) is 0 Å². The molecule has 3 nitrogen and oxygen atoms in total. The fraction of sp³-hybridized carbons (Fsp3) is 0.533. The first-order valence-electron chi connectivity index (χ1n) is 6.57. The van der Waals surface area contributed by atoms with Gasteiger partial charge in [0.1, 0.15) is 5.54 Å². The normalized spacial score (nSPS) is 14.4. The molecule has 18 heavy (non-hydrogen) atoms. The molecule has 0 amide bonds. The Morgan fingerprint density at radius 1 is 1.22 bits per heavy atom. The van der Waals surface area contributed by atoms with E-state index in [4.69, 9.17) is 0 Å². The summed E-state index contributed by atoms with van der Waals surface area (Å²) < 4.78 is 0. The number of hydrogen-bond donors (Lipinski definition) is 1. The average Bonchev–Trinajstić information content (AvgIpc) is 2.38. The maximum atomic E-state index is 11.6. The summed E-state index contributed by atoms with van der Waals surface area (Å²) in [5.74, 6) is -0.734. The number of rotatable bonds is 7. The highest BCUT2D eigenvalue weighted by Gasteiger charge is 2.37. The van der Waals surface area contributed by atoms with Crippen molar-refractivity contribution < 1.29 is 9.90 Å². The maximum absolute atomic E-state index is 11.6. The molecule has 0 spiro atoms. The topological polar surface area (TPSA) is 40.5 Å². The van der Waals surface area contributed by atoms with Crippen LogP contribution in [0.1, 0.15) is 32.8 Å². The predicted molar refractivity (Wildman–Crippen MR) is 73.7 cm³/mol. The number of hydrogen-bond acceptors (Lipinski definition) is 2. The van der Waals surface area contributed by atoms with Gasteiger partial charge in [-0.15, -0.1) is 0 Å². The minimum absolute atomic E-state index is 0.633. The van der Waals surface area contributed by atoms with Crippen LogP contribution in [-0.2, 0) is 11.2 Å². The third-order valence-electron chi connectivity index (χ3n) is 3.67. The molecule has 3 heteroatoms. The predicted octanol–water partition coefficient (Wildman–Crippen LogP) is 2.80.